The topological polar surface area (TPSA) is 62.8 Å². The van der Waals surface area contributed by atoms with E-state index < -0.39 is 0 Å². The molecule has 0 bridgehead atoms. The van der Waals surface area contributed by atoms with E-state index in [-0.39, 0.29) is 12.1 Å². The Balaban J connectivity index is 2.00. The summed E-state index contributed by atoms with van der Waals surface area (Å²) in [6.07, 6.45) is 0. The van der Waals surface area contributed by atoms with E-state index in [9.17, 15) is 4.79 Å². The fourth-order valence-corrected chi connectivity index (χ4v) is 3.04. The highest BCUT2D eigenvalue weighted by Gasteiger charge is 2.16. The first-order valence-corrected chi connectivity index (χ1v) is 8.44. The van der Waals surface area contributed by atoms with Gasteiger partial charge in [0.05, 0.1) is 25.9 Å². The van der Waals surface area contributed by atoms with Crippen LogP contribution in [0.5, 0.6) is 11.5 Å². The van der Waals surface area contributed by atoms with Gasteiger partial charge in [-0.05, 0) is 48.6 Å². The Morgan fingerprint density at radius 1 is 1.25 bits per heavy atom. The van der Waals surface area contributed by atoms with Crippen molar-refractivity contribution in [2.75, 3.05) is 40.2 Å². The van der Waals surface area contributed by atoms with Gasteiger partial charge in [-0.25, -0.2) is 4.79 Å². The Bertz CT molecular complexity index is 659. The van der Waals surface area contributed by atoms with E-state index in [1.165, 1.54) is 5.56 Å². The summed E-state index contributed by atoms with van der Waals surface area (Å²) in [5.74, 6) is 1.23. The van der Waals surface area contributed by atoms with Crippen molar-refractivity contribution in [2.24, 2.45) is 0 Å². The molecule has 0 saturated carbocycles. The van der Waals surface area contributed by atoms with Gasteiger partial charge in [-0.3, -0.25) is 0 Å². The lowest BCUT2D eigenvalue weighted by atomic mass is 10.1. The van der Waals surface area contributed by atoms with Gasteiger partial charge in [-0.1, -0.05) is 0 Å². The molecule has 6 nitrogen and oxygen atoms in total. The van der Waals surface area contributed by atoms with Crippen LogP contribution < -0.4 is 20.1 Å². The van der Waals surface area contributed by atoms with E-state index in [4.69, 9.17) is 9.47 Å². The molecule has 1 atom stereocenters. The number of urea groups is 1. The van der Waals surface area contributed by atoms with Crippen LogP contribution in [0.15, 0.2) is 35.0 Å². The molecule has 0 aliphatic carbocycles. The highest BCUT2D eigenvalue weighted by Crippen LogP contribution is 2.28. The number of anilines is 1. The predicted molar refractivity (Wildman–Crippen MR) is 97.3 cm³/mol. The van der Waals surface area contributed by atoms with Crippen LogP contribution >= 0.6 is 11.3 Å². The molecule has 1 aromatic heterocycles. The van der Waals surface area contributed by atoms with Crippen molar-refractivity contribution in [2.45, 2.75) is 6.04 Å². The van der Waals surface area contributed by atoms with Crippen molar-refractivity contribution >= 4 is 23.1 Å². The third kappa shape index (κ3) is 4.62. The minimum atomic E-state index is -0.288. The number of hydrogen-bond donors (Lipinski definition) is 2. The zero-order valence-electron chi connectivity index (χ0n) is 14.3. The number of rotatable bonds is 7. The summed E-state index contributed by atoms with van der Waals surface area (Å²) in [5.41, 5.74) is 1.75. The van der Waals surface area contributed by atoms with Gasteiger partial charge in [0.1, 0.15) is 11.5 Å². The normalized spacial score (nSPS) is 11.9. The highest BCUT2D eigenvalue weighted by molar-refractivity contribution is 7.07. The van der Waals surface area contributed by atoms with Crippen LogP contribution in [0.1, 0.15) is 11.6 Å². The molecule has 2 amide bonds. The maximum Gasteiger partial charge on any atom is 0.319 e. The second kappa shape index (κ2) is 8.56. The van der Waals surface area contributed by atoms with Crippen molar-refractivity contribution in [1.29, 1.82) is 0 Å². The molecule has 2 aromatic rings. The number of carbonyl (C=O) groups excluding carboxylic acids is 1. The average Bonchev–Trinajstić information content (AvgIpc) is 3.08. The van der Waals surface area contributed by atoms with E-state index in [1.54, 1.807) is 43.8 Å². The summed E-state index contributed by atoms with van der Waals surface area (Å²) in [5, 5.41) is 9.84. The minimum Gasteiger partial charge on any atom is -0.497 e. The van der Waals surface area contributed by atoms with Gasteiger partial charge < -0.3 is 25.0 Å². The van der Waals surface area contributed by atoms with Crippen molar-refractivity contribution in [1.82, 2.24) is 10.2 Å². The van der Waals surface area contributed by atoms with Crippen LogP contribution in [0.4, 0.5) is 10.5 Å². The largest absolute Gasteiger partial charge is 0.497 e. The Morgan fingerprint density at radius 3 is 2.62 bits per heavy atom. The van der Waals surface area contributed by atoms with Crippen LogP contribution in [0.25, 0.3) is 0 Å². The zero-order chi connectivity index (χ0) is 17.5. The second-order valence-corrected chi connectivity index (χ2v) is 6.22. The lowest BCUT2D eigenvalue weighted by Gasteiger charge is -2.24. The molecule has 2 rings (SSSR count). The fraction of sp³-hybridized carbons (Fsp3) is 0.353. The van der Waals surface area contributed by atoms with Crippen LogP contribution in [0.2, 0.25) is 0 Å². The van der Waals surface area contributed by atoms with Crippen LogP contribution in [0.3, 0.4) is 0 Å². The number of benzene rings is 1. The number of hydrogen-bond acceptors (Lipinski definition) is 5. The van der Waals surface area contributed by atoms with Crippen LogP contribution in [-0.2, 0) is 0 Å². The molecule has 0 fully saturated rings. The maximum atomic E-state index is 12.2. The van der Waals surface area contributed by atoms with Crippen molar-refractivity contribution < 1.29 is 14.3 Å². The van der Waals surface area contributed by atoms with Gasteiger partial charge in [0, 0.05) is 12.6 Å². The number of ether oxygens (including phenoxy) is 2. The molecule has 130 valence electrons. The monoisotopic (exact) mass is 349 g/mol. The minimum absolute atomic E-state index is 0.120. The van der Waals surface area contributed by atoms with Gasteiger partial charge in [0.2, 0.25) is 0 Å². The van der Waals surface area contributed by atoms with Crippen molar-refractivity contribution in [3.8, 4) is 11.5 Å². The van der Waals surface area contributed by atoms with E-state index >= 15 is 0 Å². The summed E-state index contributed by atoms with van der Waals surface area (Å²) in [6.45, 7) is 0.502. The molecule has 1 heterocycles. The smallest absolute Gasteiger partial charge is 0.319 e. The first-order valence-electron chi connectivity index (χ1n) is 7.50. The summed E-state index contributed by atoms with van der Waals surface area (Å²) in [6, 6.07) is 7.15. The number of methoxy groups -OCH3 is 2. The summed E-state index contributed by atoms with van der Waals surface area (Å²) < 4.78 is 10.4. The van der Waals surface area contributed by atoms with E-state index in [1.807, 2.05) is 19.5 Å². The molecule has 0 unspecified atom stereocenters. The predicted octanol–water partition coefficient (Wildman–Crippen LogP) is 3.19. The summed E-state index contributed by atoms with van der Waals surface area (Å²) >= 11 is 1.65. The van der Waals surface area contributed by atoms with Gasteiger partial charge >= 0.3 is 6.03 Å². The van der Waals surface area contributed by atoms with Crippen molar-refractivity contribution in [3.63, 3.8) is 0 Å². The Hall–Kier alpha value is -2.25. The Labute approximate surface area is 146 Å². The van der Waals surface area contributed by atoms with Crippen LogP contribution in [0, 0.1) is 0 Å². The zero-order valence-corrected chi connectivity index (χ0v) is 15.1. The number of nitrogens with one attached hydrogen (secondary N) is 2. The second-order valence-electron chi connectivity index (χ2n) is 5.44. The molecule has 0 aliphatic rings. The molecular formula is C17H23N3O3S. The average molecular weight is 349 g/mol. The molecule has 24 heavy (non-hydrogen) atoms. The molecule has 1 aromatic carbocycles. The number of thiophene rings is 1. The standard InChI is InChI=1S/C17H23N3O3S/c1-20(2)15(12-7-8-24-11-12)10-18-17(21)19-14-9-13(22-3)5-6-16(14)23-4/h5-9,11,15H,10H2,1-4H3,(H2,18,19,21)/t15-/m0/s1. The third-order valence-electron chi connectivity index (χ3n) is 3.66. The van der Waals surface area contributed by atoms with Gasteiger partial charge in [-0.2, -0.15) is 11.3 Å². The number of carbonyl (C=O) groups is 1. The van der Waals surface area contributed by atoms with Gasteiger partial charge in [0.15, 0.2) is 0 Å². The summed E-state index contributed by atoms with van der Waals surface area (Å²) in [7, 11) is 7.12. The SMILES string of the molecule is COc1ccc(OC)c(NC(=O)NC[C@@H](c2ccsc2)N(C)C)c1. The molecule has 0 aliphatic heterocycles. The molecular weight excluding hydrogens is 326 g/mol. The molecule has 2 N–H and O–H groups in total. The lowest BCUT2D eigenvalue weighted by molar-refractivity contribution is 0.243. The van der Waals surface area contributed by atoms with Gasteiger partial charge in [-0.15, -0.1) is 0 Å². The highest BCUT2D eigenvalue weighted by atomic mass is 32.1. The fourth-order valence-electron chi connectivity index (χ4n) is 2.33. The number of likely N-dealkylation sites (N-methyl/N-ethyl adjacent to an activating group) is 1. The molecule has 0 saturated heterocycles. The summed E-state index contributed by atoms with van der Waals surface area (Å²) in [4.78, 5) is 14.3. The van der Waals surface area contributed by atoms with E-state index in [2.05, 4.69) is 27.0 Å². The number of amides is 2. The lowest BCUT2D eigenvalue weighted by Crippen LogP contribution is -2.36. The first-order chi connectivity index (χ1) is 11.5. The Morgan fingerprint density at radius 2 is 2.04 bits per heavy atom. The van der Waals surface area contributed by atoms with E-state index in [0.717, 1.165) is 0 Å². The first kappa shape index (κ1) is 18.1. The molecule has 7 heteroatoms. The molecule has 0 spiro atoms. The maximum absolute atomic E-state index is 12.2. The van der Waals surface area contributed by atoms with Crippen LogP contribution in [-0.4, -0.2) is 45.8 Å². The molecule has 0 radical (unpaired) electrons. The van der Waals surface area contributed by atoms with E-state index in [0.29, 0.717) is 23.7 Å². The Kier molecular flexibility index (Phi) is 6.45. The third-order valence-corrected chi connectivity index (χ3v) is 4.36. The van der Waals surface area contributed by atoms with Gasteiger partial charge in [0.25, 0.3) is 0 Å². The van der Waals surface area contributed by atoms with Crippen molar-refractivity contribution in [3.05, 3.63) is 40.6 Å². The quantitative estimate of drug-likeness (QED) is 0.806. The number of nitrogens with zero attached hydrogens (tertiary/aromatic N) is 1.